The van der Waals surface area contributed by atoms with Gasteiger partial charge in [-0.25, -0.2) is 4.39 Å². The smallest absolute Gasteiger partial charge is 0.261 e. The first-order valence-electron chi connectivity index (χ1n) is 11.6. The van der Waals surface area contributed by atoms with Gasteiger partial charge in [0.05, 0.1) is 0 Å². The molecule has 0 spiro atoms. The maximum Gasteiger partial charge on any atom is 0.261 e. The Morgan fingerprint density at radius 1 is 1.00 bits per heavy atom. The standard InChI is InChI=1S/C27H37FN2O3/c1-7-19(3)29-26(32)24(8-2)30(17-20-9-13-22(28)14-10-20)25(31)18-33-23-15-11-21(12-16-23)27(4,5)6/h9-16,19,24H,7-8,17-18H2,1-6H3,(H,29,32)/t19-,24-/m0/s1. The molecule has 0 aromatic heterocycles. The fourth-order valence-corrected chi connectivity index (χ4v) is 3.43. The summed E-state index contributed by atoms with van der Waals surface area (Å²) in [5, 5.41) is 2.97. The molecule has 33 heavy (non-hydrogen) atoms. The first-order chi connectivity index (χ1) is 15.5. The normalized spacial score (nSPS) is 13.2. The lowest BCUT2D eigenvalue weighted by Gasteiger charge is -2.31. The van der Waals surface area contributed by atoms with Gasteiger partial charge in [-0.15, -0.1) is 0 Å². The molecule has 2 atom stereocenters. The van der Waals surface area contributed by atoms with Crippen molar-refractivity contribution in [1.82, 2.24) is 10.2 Å². The van der Waals surface area contributed by atoms with Gasteiger partial charge < -0.3 is 15.0 Å². The van der Waals surface area contributed by atoms with E-state index < -0.39 is 6.04 Å². The van der Waals surface area contributed by atoms with Gasteiger partial charge in [0, 0.05) is 12.6 Å². The van der Waals surface area contributed by atoms with Gasteiger partial charge in [-0.2, -0.15) is 0 Å². The lowest BCUT2D eigenvalue weighted by molar-refractivity contribution is -0.143. The minimum Gasteiger partial charge on any atom is -0.484 e. The molecule has 2 amide bonds. The van der Waals surface area contributed by atoms with Gasteiger partial charge in [-0.3, -0.25) is 9.59 Å². The Bertz CT molecular complexity index is 904. The molecule has 5 nitrogen and oxygen atoms in total. The van der Waals surface area contributed by atoms with Crippen LogP contribution in [0.25, 0.3) is 0 Å². The maximum atomic E-state index is 13.4. The first-order valence-corrected chi connectivity index (χ1v) is 11.6. The number of carbonyl (C=O) groups excluding carboxylic acids is 2. The molecule has 0 bridgehead atoms. The SMILES string of the molecule is CC[C@H](C)NC(=O)[C@H](CC)N(Cc1ccc(F)cc1)C(=O)COc1ccc(C(C)(C)C)cc1. The number of amides is 2. The molecular weight excluding hydrogens is 419 g/mol. The maximum absolute atomic E-state index is 13.4. The van der Waals surface area contributed by atoms with E-state index in [1.807, 2.05) is 45.0 Å². The quantitative estimate of drug-likeness (QED) is 0.533. The number of carbonyl (C=O) groups is 2. The lowest BCUT2D eigenvalue weighted by atomic mass is 9.87. The topological polar surface area (TPSA) is 58.6 Å². The second-order valence-corrected chi connectivity index (χ2v) is 9.45. The third kappa shape index (κ3) is 7.88. The van der Waals surface area contributed by atoms with E-state index in [1.54, 1.807) is 12.1 Å². The molecule has 2 aromatic rings. The molecule has 0 heterocycles. The molecule has 0 aliphatic carbocycles. The van der Waals surface area contributed by atoms with Crippen LogP contribution in [0.15, 0.2) is 48.5 Å². The molecular formula is C27H37FN2O3. The van der Waals surface area contributed by atoms with Crippen molar-refractivity contribution in [3.8, 4) is 5.75 Å². The summed E-state index contributed by atoms with van der Waals surface area (Å²) in [5.41, 5.74) is 1.94. The van der Waals surface area contributed by atoms with Crippen molar-refractivity contribution in [3.05, 3.63) is 65.5 Å². The van der Waals surface area contributed by atoms with Crippen LogP contribution in [0, 0.1) is 5.82 Å². The van der Waals surface area contributed by atoms with Gasteiger partial charge in [0.1, 0.15) is 17.6 Å². The van der Waals surface area contributed by atoms with Crippen LogP contribution in [0.1, 0.15) is 65.5 Å². The van der Waals surface area contributed by atoms with Crippen molar-refractivity contribution in [2.75, 3.05) is 6.61 Å². The molecule has 6 heteroatoms. The first kappa shape index (κ1) is 26.4. The fourth-order valence-electron chi connectivity index (χ4n) is 3.43. The Kier molecular flexibility index (Phi) is 9.44. The number of rotatable bonds is 10. The van der Waals surface area contributed by atoms with Crippen LogP contribution < -0.4 is 10.1 Å². The van der Waals surface area contributed by atoms with Crippen LogP contribution in [-0.4, -0.2) is 35.4 Å². The molecule has 2 rings (SSSR count). The molecule has 2 aromatic carbocycles. The molecule has 0 saturated heterocycles. The molecule has 0 aliphatic rings. The molecule has 1 N–H and O–H groups in total. The second-order valence-electron chi connectivity index (χ2n) is 9.45. The second kappa shape index (κ2) is 11.8. The summed E-state index contributed by atoms with van der Waals surface area (Å²) in [6.45, 7) is 12.2. The van der Waals surface area contributed by atoms with Crippen molar-refractivity contribution in [1.29, 1.82) is 0 Å². The predicted molar refractivity (Wildman–Crippen MR) is 130 cm³/mol. The van der Waals surface area contributed by atoms with E-state index in [0.29, 0.717) is 12.2 Å². The van der Waals surface area contributed by atoms with E-state index in [4.69, 9.17) is 4.74 Å². The van der Waals surface area contributed by atoms with Gasteiger partial charge in [-0.05, 0) is 60.6 Å². The third-order valence-corrected chi connectivity index (χ3v) is 5.74. The van der Waals surface area contributed by atoms with E-state index in [9.17, 15) is 14.0 Å². The Morgan fingerprint density at radius 3 is 2.12 bits per heavy atom. The minimum absolute atomic E-state index is 0.00639. The highest BCUT2D eigenvalue weighted by Gasteiger charge is 2.29. The van der Waals surface area contributed by atoms with Crippen molar-refractivity contribution >= 4 is 11.8 Å². The Morgan fingerprint density at radius 2 is 1.61 bits per heavy atom. The van der Waals surface area contributed by atoms with Crippen LogP contribution in [0.3, 0.4) is 0 Å². The number of halogens is 1. The van der Waals surface area contributed by atoms with Crippen LogP contribution in [0.2, 0.25) is 0 Å². The van der Waals surface area contributed by atoms with Gasteiger partial charge >= 0.3 is 0 Å². The number of hydrogen-bond donors (Lipinski definition) is 1. The molecule has 180 valence electrons. The van der Waals surface area contributed by atoms with Crippen LogP contribution in [0.5, 0.6) is 5.75 Å². The predicted octanol–water partition coefficient (Wildman–Crippen LogP) is 5.22. The number of nitrogens with one attached hydrogen (secondary N) is 1. The van der Waals surface area contributed by atoms with E-state index in [1.165, 1.54) is 22.6 Å². The number of benzene rings is 2. The summed E-state index contributed by atoms with van der Waals surface area (Å²) < 4.78 is 19.1. The van der Waals surface area contributed by atoms with E-state index in [2.05, 4.69) is 26.1 Å². The summed E-state index contributed by atoms with van der Waals surface area (Å²) in [4.78, 5) is 27.7. The van der Waals surface area contributed by atoms with Gasteiger partial charge in [0.25, 0.3) is 5.91 Å². The fraction of sp³-hybridized carbons (Fsp3) is 0.481. The lowest BCUT2D eigenvalue weighted by Crippen LogP contribution is -2.51. The highest BCUT2D eigenvalue weighted by atomic mass is 19.1. The number of hydrogen-bond acceptors (Lipinski definition) is 3. The van der Waals surface area contributed by atoms with Crippen LogP contribution in [-0.2, 0) is 21.5 Å². The molecule has 0 aliphatic heterocycles. The summed E-state index contributed by atoms with van der Waals surface area (Å²) >= 11 is 0. The van der Waals surface area contributed by atoms with Gasteiger partial charge in [0.15, 0.2) is 6.61 Å². The zero-order valence-electron chi connectivity index (χ0n) is 20.7. The van der Waals surface area contributed by atoms with Crippen molar-refractivity contribution in [2.24, 2.45) is 0 Å². The van der Waals surface area contributed by atoms with Crippen molar-refractivity contribution in [2.45, 2.75) is 78.4 Å². The van der Waals surface area contributed by atoms with Gasteiger partial charge in [-0.1, -0.05) is 58.9 Å². The van der Waals surface area contributed by atoms with Crippen molar-refractivity contribution < 1.29 is 18.7 Å². The highest BCUT2D eigenvalue weighted by Crippen LogP contribution is 2.24. The van der Waals surface area contributed by atoms with Crippen LogP contribution in [0.4, 0.5) is 4.39 Å². The molecule has 0 unspecified atom stereocenters. The Balaban J connectivity index is 2.19. The zero-order chi connectivity index (χ0) is 24.6. The zero-order valence-corrected chi connectivity index (χ0v) is 20.7. The summed E-state index contributed by atoms with van der Waals surface area (Å²) in [5.74, 6) is -0.252. The van der Waals surface area contributed by atoms with E-state index in [-0.39, 0.29) is 42.2 Å². The largest absolute Gasteiger partial charge is 0.484 e. The van der Waals surface area contributed by atoms with Gasteiger partial charge in [0.2, 0.25) is 5.91 Å². The summed E-state index contributed by atoms with van der Waals surface area (Å²) in [6, 6.07) is 13.0. The van der Waals surface area contributed by atoms with E-state index >= 15 is 0 Å². The minimum atomic E-state index is -0.650. The third-order valence-electron chi connectivity index (χ3n) is 5.74. The Hall–Kier alpha value is -2.89. The molecule has 0 fully saturated rings. The average molecular weight is 457 g/mol. The number of nitrogens with zero attached hydrogens (tertiary/aromatic N) is 1. The van der Waals surface area contributed by atoms with Crippen molar-refractivity contribution in [3.63, 3.8) is 0 Å². The molecule has 0 saturated carbocycles. The number of ether oxygens (including phenoxy) is 1. The van der Waals surface area contributed by atoms with Crippen LogP contribution >= 0.6 is 0 Å². The summed E-state index contributed by atoms with van der Waals surface area (Å²) in [7, 11) is 0. The summed E-state index contributed by atoms with van der Waals surface area (Å²) in [6.07, 6.45) is 1.25. The average Bonchev–Trinajstić information content (AvgIpc) is 2.78. The monoisotopic (exact) mass is 456 g/mol. The Labute approximate surface area is 197 Å². The molecule has 0 radical (unpaired) electrons. The highest BCUT2D eigenvalue weighted by molar-refractivity contribution is 5.88. The van der Waals surface area contributed by atoms with E-state index in [0.717, 1.165) is 12.0 Å².